The molecule has 6 heteroatoms. The highest BCUT2D eigenvalue weighted by Gasteiger charge is 2.09. The number of ether oxygens (including phenoxy) is 1. The summed E-state index contributed by atoms with van der Waals surface area (Å²) >= 11 is 0. The first-order valence-electron chi connectivity index (χ1n) is 6.03. The fourth-order valence-corrected chi connectivity index (χ4v) is 1.73. The van der Waals surface area contributed by atoms with E-state index in [1.165, 1.54) is 13.2 Å². The maximum atomic E-state index is 11.9. The average Bonchev–Trinajstić information content (AvgIpc) is 2.48. The molecule has 1 heterocycles. The van der Waals surface area contributed by atoms with E-state index in [2.05, 4.69) is 11.0 Å². The molecule has 2 aromatic rings. The summed E-state index contributed by atoms with van der Waals surface area (Å²) in [5, 5.41) is 12.8. The first kappa shape index (κ1) is 14.5. The molecule has 0 atom stereocenters. The van der Waals surface area contributed by atoms with Crippen molar-refractivity contribution in [2.45, 2.75) is 6.73 Å². The second-order valence-electron chi connectivity index (χ2n) is 4.08. The number of carboxylic acids is 1. The van der Waals surface area contributed by atoms with Crippen molar-refractivity contribution < 1.29 is 14.6 Å². The van der Waals surface area contributed by atoms with Crippen LogP contribution in [0.15, 0.2) is 41.2 Å². The van der Waals surface area contributed by atoms with Crippen LogP contribution in [0.25, 0.3) is 11.3 Å². The Morgan fingerprint density at radius 1 is 1.38 bits per heavy atom. The Balaban J connectivity index is 2.64. The van der Waals surface area contributed by atoms with E-state index in [-0.39, 0.29) is 12.3 Å². The van der Waals surface area contributed by atoms with Crippen LogP contribution in [0.4, 0.5) is 0 Å². The number of nitrogens with zero attached hydrogens (tertiary/aromatic N) is 2. The standard InChI is InChI=1S/C15H12N2O4/c1-21-10-17-13(18)9-12(7-8-14(19)20)15(16-17)11-5-3-2-4-6-11/h2-6,9H,10H2,1H3,(H,19,20). The monoisotopic (exact) mass is 284 g/mol. The van der Waals surface area contributed by atoms with Gasteiger partial charge in [0, 0.05) is 24.7 Å². The molecule has 0 aliphatic rings. The molecule has 0 spiro atoms. The van der Waals surface area contributed by atoms with E-state index < -0.39 is 11.5 Å². The second kappa shape index (κ2) is 6.50. The molecule has 0 unspecified atom stereocenters. The highest BCUT2D eigenvalue weighted by Crippen LogP contribution is 2.18. The van der Waals surface area contributed by atoms with Gasteiger partial charge in [-0.05, 0) is 0 Å². The topological polar surface area (TPSA) is 81.4 Å². The molecule has 0 amide bonds. The van der Waals surface area contributed by atoms with Gasteiger partial charge in [0.05, 0.1) is 5.56 Å². The third-order valence-electron chi connectivity index (χ3n) is 2.60. The molecule has 1 N–H and O–H groups in total. The number of aromatic nitrogens is 2. The Morgan fingerprint density at radius 2 is 2.10 bits per heavy atom. The van der Waals surface area contributed by atoms with E-state index in [0.29, 0.717) is 5.69 Å². The highest BCUT2D eigenvalue weighted by atomic mass is 16.5. The van der Waals surface area contributed by atoms with Crippen molar-refractivity contribution >= 4 is 5.97 Å². The number of methoxy groups -OCH3 is 1. The van der Waals surface area contributed by atoms with Gasteiger partial charge in [-0.25, -0.2) is 9.48 Å². The van der Waals surface area contributed by atoms with Gasteiger partial charge in [-0.1, -0.05) is 36.3 Å². The first-order chi connectivity index (χ1) is 10.1. The van der Waals surface area contributed by atoms with Gasteiger partial charge in [-0.2, -0.15) is 5.10 Å². The summed E-state index contributed by atoms with van der Waals surface area (Å²) in [5.41, 5.74) is 1.02. The first-order valence-corrected chi connectivity index (χ1v) is 6.03. The molecular weight excluding hydrogens is 272 g/mol. The predicted octanol–water partition coefficient (Wildman–Crippen LogP) is 0.950. The molecule has 0 aliphatic carbocycles. The van der Waals surface area contributed by atoms with Crippen LogP contribution in [-0.4, -0.2) is 28.0 Å². The number of carbonyl (C=O) groups is 1. The van der Waals surface area contributed by atoms with E-state index in [9.17, 15) is 9.59 Å². The summed E-state index contributed by atoms with van der Waals surface area (Å²) < 4.78 is 6.06. The molecule has 21 heavy (non-hydrogen) atoms. The molecule has 2 rings (SSSR count). The van der Waals surface area contributed by atoms with Crippen molar-refractivity contribution in [3.8, 4) is 23.1 Å². The predicted molar refractivity (Wildman–Crippen MR) is 75.5 cm³/mol. The molecule has 6 nitrogen and oxygen atoms in total. The lowest BCUT2D eigenvalue weighted by Gasteiger charge is -2.08. The maximum absolute atomic E-state index is 11.9. The van der Waals surface area contributed by atoms with Crippen LogP contribution in [-0.2, 0) is 16.3 Å². The number of hydrogen-bond donors (Lipinski definition) is 1. The molecule has 0 radical (unpaired) electrons. The summed E-state index contributed by atoms with van der Waals surface area (Å²) in [6, 6.07) is 10.3. The normalized spacial score (nSPS) is 9.76. The minimum absolute atomic E-state index is 0.00526. The highest BCUT2D eigenvalue weighted by molar-refractivity contribution is 5.87. The Morgan fingerprint density at radius 3 is 2.71 bits per heavy atom. The Bertz CT molecular complexity index is 770. The number of aliphatic carboxylic acids is 1. The third-order valence-corrected chi connectivity index (χ3v) is 2.60. The van der Waals surface area contributed by atoms with Gasteiger partial charge < -0.3 is 9.84 Å². The quantitative estimate of drug-likeness (QED) is 0.849. The minimum Gasteiger partial charge on any atom is -0.472 e. The van der Waals surface area contributed by atoms with E-state index in [0.717, 1.165) is 10.2 Å². The van der Waals surface area contributed by atoms with Crippen molar-refractivity contribution in [3.63, 3.8) is 0 Å². The Kier molecular flexibility index (Phi) is 4.49. The largest absolute Gasteiger partial charge is 0.472 e. The van der Waals surface area contributed by atoms with Crippen LogP contribution in [0.2, 0.25) is 0 Å². The van der Waals surface area contributed by atoms with Crippen molar-refractivity contribution in [2.75, 3.05) is 7.11 Å². The van der Waals surface area contributed by atoms with E-state index in [4.69, 9.17) is 9.84 Å². The van der Waals surface area contributed by atoms with Crippen molar-refractivity contribution in [2.24, 2.45) is 0 Å². The SMILES string of the molecule is COCn1nc(-c2ccccc2)c(C#CC(=O)O)cc1=O. The van der Waals surface area contributed by atoms with Crippen LogP contribution >= 0.6 is 0 Å². The van der Waals surface area contributed by atoms with Crippen LogP contribution in [0.3, 0.4) is 0 Å². The maximum Gasteiger partial charge on any atom is 0.382 e. The van der Waals surface area contributed by atoms with Crippen molar-refractivity contribution in [1.29, 1.82) is 0 Å². The summed E-state index contributed by atoms with van der Waals surface area (Å²) in [5.74, 6) is 3.18. The van der Waals surface area contributed by atoms with Gasteiger partial charge >= 0.3 is 5.97 Å². The summed E-state index contributed by atoms with van der Waals surface area (Å²) in [6.07, 6.45) is 0. The molecule has 0 saturated heterocycles. The zero-order valence-corrected chi connectivity index (χ0v) is 11.2. The zero-order valence-electron chi connectivity index (χ0n) is 11.2. The lowest BCUT2D eigenvalue weighted by Crippen LogP contribution is -2.24. The fraction of sp³-hybridized carbons (Fsp3) is 0.133. The number of hydrogen-bond acceptors (Lipinski definition) is 4. The molecule has 106 valence electrons. The molecule has 1 aromatic heterocycles. The van der Waals surface area contributed by atoms with Gasteiger partial charge in [0.1, 0.15) is 12.4 Å². The lowest BCUT2D eigenvalue weighted by molar-refractivity contribution is -0.130. The van der Waals surface area contributed by atoms with Crippen LogP contribution < -0.4 is 5.56 Å². The Hall–Kier alpha value is -2.91. The van der Waals surface area contributed by atoms with Crippen LogP contribution in [0, 0.1) is 11.8 Å². The molecule has 1 aromatic carbocycles. The van der Waals surface area contributed by atoms with Gasteiger partial charge in [-0.15, -0.1) is 0 Å². The summed E-state index contributed by atoms with van der Waals surface area (Å²) in [6.45, 7) is 0.00526. The van der Waals surface area contributed by atoms with E-state index in [1.807, 2.05) is 24.1 Å². The number of benzene rings is 1. The van der Waals surface area contributed by atoms with Crippen molar-refractivity contribution in [1.82, 2.24) is 9.78 Å². The minimum atomic E-state index is -1.27. The second-order valence-corrected chi connectivity index (χ2v) is 4.08. The molecule has 0 aliphatic heterocycles. The average molecular weight is 284 g/mol. The summed E-state index contributed by atoms with van der Waals surface area (Å²) in [4.78, 5) is 22.4. The molecule has 0 bridgehead atoms. The fourth-order valence-electron chi connectivity index (χ4n) is 1.73. The van der Waals surface area contributed by atoms with Gasteiger partial charge in [0.25, 0.3) is 5.56 Å². The van der Waals surface area contributed by atoms with Crippen LogP contribution in [0.1, 0.15) is 5.56 Å². The van der Waals surface area contributed by atoms with Gasteiger partial charge in [-0.3, -0.25) is 4.79 Å². The van der Waals surface area contributed by atoms with Gasteiger partial charge in [0.15, 0.2) is 0 Å². The Labute approximate surface area is 120 Å². The van der Waals surface area contributed by atoms with Crippen LogP contribution in [0.5, 0.6) is 0 Å². The number of rotatable bonds is 3. The van der Waals surface area contributed by atoms with E-state index >= 15 is 0 Å². The zero-order chi connectivity index (χ0) is 15.2. The number of carboxylic acid groups (broad SMARTS) is 1. The van der Waals surface area contributed by atoms with E-state index in [1.54, 1.807) is 12.1 Å². The van der Waals surface area contributed by atoms with Crippen molar-refractivity contribution in [3.05, 3.63) is 52.3 Å². The van der Waals surface area contributed by atoms with Gasteiger partial charge in [0.2, 0.25) is 0 Å². The lowest BCUT2D eigenvalue weighted by atomic mass is 10.1. The molecule has 0 fully saturated rings. The molecular formula is C15H12N2O4. The molecule has 0 saturated carbocycles. The third kappa shape index (κ3) is 3.55. The summed E-state index contributed by atoms with van der Waals surface area (Å²) in [7, 11) is 1.45. The smallest absolute Gasteiger partial charge is 0.382 e.